The van der Waals surface area contributed by atoms with E-state index < -0.39 is 0 Å². The summed E-state index contributed by atoms with van der Waals surface area (Å²) in [6.07, 6.45) is 0. The molecule has 0 fully saturated rings. The average molecular weight is 805 g/mol. The SMILES string of the molecule is c1ccc(-c2cccc(N(c3ccc(-c4cccc(-n5c6ccccc6c6ccccc65)c4)cc3)c3ccc(-c4cccc5c4oc4c(-c6ccccc6)cccc45)cc3)c2)cc1. The van der Waals surface area contributed by atoms with Crippen molar-refractivity contribution in [2.45, 2.75) is 0 Å². The van der Waals surface area contributed by atoms with E-state index in [-0.39, 0.29) is 0 Å². The zero-order chi connectivity index (χ0) is 41.7. The number of anilines is 3. The molecule has 2 heterocycles. The smallest absolute Gasteiger partial charge is 0.143 e. The summed E-state index contributed by atoms with van der Waals surface area (Å²) in [6.45, 7) is 0. The Labute approximate surface area is 366 Å². The lowest BCUT2D eigenvalue weighted by atomic mass is 9.99. The third-order valence-corrected chi connectivity index (χ3v) is 12.4. The Bertz CT molecular complexity index is 3550. The highest BCUT2D eigenvalue weighted by molar-refractivity contribution is 6.13. The van der Waals surface area contributed by atoms with Crippen molar-refractivity contribution < 1.29 is 4.42 Å². The number of rotatable bonds is 8. The van der Waals surface area contributed by atoms with E-state index in [9.17, 15) is 0 Å². The van der Waals surface area contributed by atoms with Gasteiger partial charge in [-0.3, -0.25) is 0 Å². The summed E-state index contributed by atoms with van der Waals surface area (Å²) < 4.78 is 9.18. The quantitative estimate of drug-likeness (QED) is 0.153. The molecular weight excluding hydrogens is 765 g/mol. The fourth-order valence-electron chi connectivity index (χ4n) is 9.41. The van der Waals surface area contributed by atoms with Crippen molar-refractivity contribution >= 4 is 60.8 Å². The van der Waals surface area contributed by atoms with Crippen molar-refractivity contribution in [1.82, 2.24) is 4.57 Å². The lowest BCUT2D eigenvalue weighted by Gasteiger charge is -2.26. The molecule has 63 heavy (non-hydrogen) atoms. The molecular formula is C60H40N2O. The van der Waals surface area contributed by atoms with Crippen LogP contribution in [0.3, 0.4) is 0 Å². The van der Waals surface area contributed by atoms with Crippen LogP contribution in [0.25, 0.3) is 93.9 Å². The maximum Gasteiger partial charge on any atom is 0.143 e. The van der Waals surface area contributed by atoms with Crippen molar-refractivity contribution in [3.8, 4) is 50.2 Å². The highest BCUT2D eigenvalue weighted by atomic mass is 16.3. The Hall–Kier alpha value is -8.40. The summed E-state index contributed by atoms with van der Waals surface area (Å²) >= 11 is 0. The summed E-state index contributed by atoms with van der Waals surface area (Å²) in [5.74, 6) is 0. The molecule has 3 nitrogen and oxygen atoms in total. The van der Waals surface area contributed by atoms with Gasteiger partial charge in [0.15, 0.2) is 0 Å². The first-order valence-electron chi connectivity index (χ1n) is 21.5. The fraction of sp³-hybridized carbons (Fsp3) is 0. The number of aromatic nitrogens is 1. The molecule has 10 aromatic carbocycles. The molecule has 0 bridgehead atoms. The summed E-state index contributed by atoms with van der Waals surface area (Å²) in [7, 11) is 0. The van der Waals surface area contributed by atoms with Gasteiger partial charge in [-0.15, -0.1) is 0 Å². The van der Waals surface area contributed by atoms with Gasteiger partial charge in [0, 0.05) is 55.4 Å². The number of fused-ring (bicyclic) bond motifs is 6. The number of para-hydroxylation sites is 4. The molecule has 0 saturated heterocycles. The second kappa shape index (κ2) is 15.3. The molecule has 3 heteroatoms. The lowest BCUT2D eigenvalue weighted by Crippen LogP contribution is -2.10. The molecule has 12 rings (SSSR count). The maximum absolute atomic E-state index is 6.80. The number of hydrogen-bond acceptors (Lipinski definition) is 2. The topological polar surface area (TPSA) is 21.3 Å². The molecule has 0 saturated carbocycles. The van der Waals surface area contributed by atoms with Gasteiger partial charge in [0.25, 0.3) is 0 Å². The van der Waals surface area contributed by atoms with Crippen LogP contribution >= 0.6 is 0 Å². The van der Waals surface area contributed by atoms with Gasteiger partial charge in [0.05, 0.1) is 11.0 Å². The van der Waals surface area contributed by atoms with E-state index in [4.69, 9.17) is 4.42 Å². The van der Waals surface area contributed by atoms with Crippen LogP contribution < -0.4 is 4.90 Å². The second-order valence-electron chi connectivity index (χ2n) is 16.1. The lowest BCUT2D eigenvalue weighted by molar-refractivity contribution is 0.671. The Balaban J connectivity index is 0.933. The first-order chi connectivity index (χ1) is 31.2. The van der Waals surface area contributed by atoms with Crippen LogP contribution in [0.2, 0.25) is 0 Å². The molecule has 0 N–H and O–H groups in total. The van der Waals surface area contributed by atoms with E-state index in [1.54, 1.807) is 0 Å². The Kier molecular flexibility index (Phi) is 8.83. The van der Waals surface area contributed by atoms with Crippen molar-refractivity contribution in [1.29, 1.82) is 0 Å². The van der Waals surface area contributed by atoms with Crippen LogP contribution in [0, 0.1) is 0 Å². The molecule has 0 amide bonds. The monoisotopic (exact) mass is 804 g/mol. The van der Waals surface area contributed by atoms with Crippen molar-refractivity contribution in [3.63, 3.8) is 0 Å². The molecule has 296 valence electrons. The minimum absolute atomic E-state index is 0.897. The van der Waals surface area contributed by atoms with Crippen LogP contribution in [0.15, 0.2) is 247 Å². The van der Waals surface area contributed by atoms with Gasteiger partial charge in [-0.1, -0.05) is 182 Å². The maximum atomic E-state index is 6.80. The molecule has 0 unspecified atom stereocenters. The molecule has 0 spiro atoms. The number of benzene rings is 10. The summed E-state index contributed by atoms with van der Waals surface area (Å²) in [5.41, 5.74) is 17.7. The first-order valence-corrected chi connectivity index (χ1v) is 21.5. The van der Waals surface area contributed by atoms with Gasteiger partial charge in [0.2, 0.25) is 0 Å². The Morgan fingerprint density at radius 3 is 1.32 bits per heavy atom. The van der Waals surface area contributed by atoms with E-state index in [0.717, 1.165) is 72.5 Å². The van der Waals surface area contributed by atoms with E-state index in [1.165, 1.54) is 38.5 Å². The molecule has 12 aromatic rings. The van der Waals surface area contributed by atoms with Crippen LogP contribution in [-0.2, 0) is 0 Å². The average Bonchev–Trinajstić information content (AvgIpc) is 3.92. The Morgan fingerprint density at radius 1 is 0.286 bits per heavy atom. The van der Waals surface area contributed by atoms with Gasteiger partial charge in [0.1, 0.15) is 11.2 Å². The van der Waals surface area contributed by atoms with Gasteiger partial charge in [-0.25, -0.2) is 0 Å². The molecule has 0 atom stereocenters. The van der Waals surface area contributed by atoms with E-state index in [1.807, 2.05) is 6.07 Å². The Morgan fingerprint density at radius 2 is 0.714 bits per heavy atom. The normalized spacial score (nSPS) is 11.5. The van der Waals surface area contributed by atoms with Gasteiger partial charge in [-0.05, 0) is 94.0 Å². The molecule has 2 aromatic heterocycles. The number of nitrogens with zero attached hydrogens (tertiary/aromatic N) is 2. The zero-order valence-electron chi connectivity index (χ0n) is 34.4. The third-order valence-electron chi connectivity index (χ3n) is 12.4. The number of furan rings is 1. The zero-order valence-corrected chi connectivity index (χ0v) is 34.4. The van der Waals surface area contributed by atoms with Crippen LogP contribution in [0.4, 0.5) is 17.1 Å². The summed E-state index contributed by atoms with van der Waals surface area (Å²) in [4.78, 5) is 2.35. The minimum atomic E-state index is 0.897. The van der Waals surface area contributed by atoms with Crippen molar-refractivity contribution in [3.05, 3.63) is 243 Å². The standard InChI is InChI=1S/C60H40N2O/c1-3-15-41(16-4-1)45-19-11-21-49(39-45)61(47-35-31-42(32-36-47)46-20-12-22-50(40-46)62-57-29-9-7-23-53(57)54-24-8-10-30-58(54)62)48-37-33-44(34-38-48)52-26-14-28-56-55-27-13-25-51(59(55)63-60(52)56)43-17-5-2-6-18-43/h1-40H. The molecule has 0 aliphatic heterocycles. The molecule has 0 aliphatic carbocycles. The van der Waals surface area contributed by atoms with Crippen LogP contribution in [0.5, 0.6) is 0 Å². The van der Waals surface area contributed by atoms with Gasteiger partial charge >= 0.3 is 0 Å². The largest absolute Gasteiger partial charge is 0.455 e. The van der Waals surface area contributed by atoms with E-state index in [0.29, 0.717) is 0 Å². The van der Waals surface area contributed by atoms with Gasteiger partial charge < -0.3 is 13.9 Å². The third kappa shape index (κ3) is 6.38. The van der Waals surface area contributed by atoms with Crippen LogP contribution in [0.1, 0.15) is 0 Å². The summed E-state index contributed by atoms with van der Waals surface area (Å²) in [6, 6.07) is 86.9. The highest BCUT2D eigenvalue weighted by Gasteiger charge is 2.18. The van der Waals surface area contributed by atoms with Gasteiger partial charge in [-0.2, -0.15) is 0 Å². The van der Waals surface area contributed by atoms with Crippen molar-refractivity contribution in [2.24, 2.45) is 0 Å². The second-order valence-corrected chi connectivity index (χ2v) is 16.1. The molecule has 0 aliphatic rings. The predicted octanol–water partition coefficient (Wildman–Crippen LogP) is 16.8. The van der Waals surface area contributed by atoms with E-state index in [2.05, 4.69) is 246 Å². The predicted molar refractivity (Wildman–Crippen MR) is 264 cm³/mol. The molecule has 0 radical (unpaired) electrons. The van der Waals surface area contributed by atoms with E-state index >= 15 is 0 Å². The number of hydrogen-bond donors (Lipinski definition) is 0. The fourth-order valence-corrected chi connectivity index (χ4v) is 9.41. The van der Waals surface area contributed by atoms with Crippen molar-refractivity contribution in [2.75, 3.05) is 4.90 Å². The highest BCUT2D eigenvalue weighted by Crippen LogP contribution is 2.42. The summed E-state index contributed by atoms with van der Waals surface area (Å²) in [5, 5.41) is 4.76. The minimum Gasteiger partial charge on any atom is -0.455 e. The first kappa shape index (κ1) is 36.5. The van der Waals surface area contributed by atoms with Crippen LogP contribution in [-0.4, -0.2) is 4.57 Å².